The molecule has 1 atom stereocenters. The Hall–Kier alpha value is -1.83. The number of nitrogens with one attached hydrogen (secondary N) is 1. The van der Waals surface area contributed by atoms with Crippen LogP contribution in [0.1, 0.15) is 43.2 Å². The molecule has 8 heteroatoms. The van der Waals surface area contributed by atoms with Gasteiger partial charge in [0.25, 0.3) is 0 Å². The van der Waals surface area contributed by atoms with E-state index in [0.717, 1.165) is 11.8 Å². The lowest BCUT2D eigenvalue weighted by molar-refractivity contribution is -0.142. The molecule has 1 rings (SSSR count). The zero-order valence-electron chi connectivity index (χ0n) is 13.1. The van der Waals surface area contributed by atoms with Gasteiger partial charge in [0.1, 0.15) is 15.8 Å². The molecule has 0 amide bonds. The van der Waals surface area contributed by atoms with E-state index in [9.17, 15) is 14.4 Å². The fourth-order valence-electron chi connectivity index (χ4n) is 1.76. The number of hydrogen-bond acceptors (Lipinski definition) is 7. The van der Waals surface area contributed by atoms with Crippen molar-refractivity contribution in [3.63, 3.8) is 0 Å². The van der Waals surface area contributed by atoms with Crippen LogP contribution in [0.25, 0.3) is 0 Å². The van der Waals surface area contributed by atoms with Crippen molar-refractivity contribution in [2.75, 3.05) is 13.2 Å². The van der Waals surface area contributed by atoms with Crippen LogP contribution in [0.15, 0.2) is 9.82 Å². The van der Waals surface area contributed by atoms with Gasteiger partial charge in [-0.05, 0) is 27.2 Å². The van der Waals surface area contributed by atoms with Crippen LogP contribution >= 0.6 is 11.8 Å². The lowest BCUT2D eigenvalue weighted by Gasteiger charge is -2.15. The second-order valence-corrected chi connectivity index (χ2v) is 5.53. The maximum atomic E-state index is 12.0. The molecule has 7 nitrogen and oxygen atoms in total. The minimum atomic E-state index is -0.579. The van der Waals surface area contributed by atoms with Crippen molar-refractivity contribution >= 4 is 23.7 Å². The smallest absolute Gasteiger partial charge is 0.346 e. The third-order valence-corrected chi connectivity index (χ3v) is 4.07. The van der Waals surface area contributed by atoms with Crippen LogP contribution in [0.4, 0.5) is 0 Å². The third-order valence-electron chi connectivity index (χ3n) is 2.74. The number of aromatic amines is 1. The van der Waals surface area contributed by atoms with Gasteiger partial charge in [0.15, 0.2) is 0 Å². The van der Waals surface area contributed by atoms with Crippen molar-refractivity contribution in [2.24, 2.45) is 0 Å². The van der Waals surface area contributed by atoms with E-state index in [-0.39, 0.29) is 23.8 Å². The molecule has 22 heavy (non-hydrogen) atoms. The van der Waals surface area contributed by atoms with Gasteiger partial charge in [-0.2, -0.15) is 4.98 Å². The van der Waals surface area contributed by atoms with Crippen molar-refractivity contribution in [2.45, 2.75) is 44.4 Å². The van der Waals surface area contributed by atoms with Crippen molar-refractivity contribution in [3.05, 3.63) is 21.7 Å². The zero-order chi connectivity index (χ0) is 16.7. The summed E-state index contributed by atoms with van der Waals surface area (Å²) in [5.74, 6) is -0.977. The molecule has 0 bridgehead atoms. The normalized spacial score (nSPS) is 11.8. The molecule has 0 saturated carbocycles. The zero-order valence-corrected chi connectivity index (χ0v) is 13.9. The maximum Gasteiger partial charge on any atom is 0.346 e. The number of aryl methyl sites for hydroxylation is 1. The van der Waals surface area contributed by atoms with Crippen molar-refractivity contribution in [1.82, 2.24) is 9.97 Å². The lowest BCUT2D eigenvalue weighted by Crippen LogP contribution is -2.23. The molecule has 1 aromatic heterocycles. The lowest BCUT2D eigenvalue weighted by atomic mass is 10.2. The number of rotatable bonds is 7. The van der Waals surface area contributed by atoms with Crippen LogP contribution in [0.5, 0.6) is 0 Å². The van der Waals surface area contributed by atoms with E-state index in [1.807, 2.05) is 6.92 Å². The summed E-state index contributed by atoms with van der Waals surface area (Å²) >= 11 is 1.04. The van der Waals surface area contributed by atoms with Crippen molar-refractivity contribution < 1.29 is 19.1 Å². The van der Waals surface area contributed by atoms with E-state index >= 15 is 0 Å². The largest absolute Gasteiger partial charge is 0.465 e. The van der Waals surface area contributed by atoms with Crippen LogP contribution in [0.3, 0.4) is 0 Å². The van der Waals surface area contributed by atoms with E-state index in [2.05, 4.69) is 9.97 Å². The number of nitrogens with zero attached hydrogens (tertiary/aromatic N) is 1. The number of aromatic nitrogens is 2. The molecule has 0 saturated heterocycles. The molecule has 0 fully saturated rings. The molecule has 0 aliphatic heterocycles. The number of carbonyl (C=O) groups excluding carboxylic acids is 2. The second-order valence-electron chi connectivity index (χ2n) is 4.33. The van der Waals surface area contributed by atoms with Gasteiger partial charge < -0.3 is 14.5 Å². The summed E-state index contributed by atoms with van der Waals surface area (Å²) in [6, 6.07) is 0. The Kier molecular flexibility index (Phi) is 7.10. The second kappa shape index (κ2) is 8.57. The fourth-order valence-corrected chi connectivity index (χ4v) is 2.85. The first-order valence-electron chi connectivity index (χ1n) is 7.05. The van der Waals surface area contributed by atoms with E-state index in [1.165, 1.54) is 0 Å². The molecule has 0 aliphatic carbocycles. The first-order chi connectivity index (χ1) is 10.4. The van der Waals surface area contributed by atoms with Gasteiger partial charge in [-0.1, -0.05) is 18.7 Å². The Morgan fingerprint density at radius 1 is 1.23 bits per heavy atom. The quantitative estimate of drug-likeness (QED) is 0.462. The first kappa shape index (κ1) is 18.2. The molecule has 0 spiro atoms. The highest BCUT2D eigenvalue weighted by atomic mass is 32.2. The van der Waals surface area contributed by atoms with E-state index in [0.29, 0.717) is 12.1 Å². The number of hydrogen-bond donors (Lipinski definition) is 1. The average Bonchev–Trinajstić information content (AvgIpc) is 2.44. The molecule has 0 radical (unpaired) electrons. The fraction of sp³-hybridized carbons (Fsp3) is 0.571. The molecular formula is C14H20N2O5S. The van der Waals surface area contributed by atoms with Crippen LogP contribution in [-0.4, -0.2) is 40.4 Å². The van der Waals surface area contributed by atoms with Gasteiger partial charge in [-0.25, -0.2) is 9.59 Å². The van der Waals surface area contributed by atoms with Gasteiger partial charge in [-0.3, -0.25) is 4.79 Å². The summed E-state index contributed by atoms with van der Waals surface area (Å²) in [5.41, 5.74) is -0.0411. The van der Waals surface area contributed by atoms with Gasteiger partial charge in [-0.15, -0.1) is 0 Å². The molecule has 1 N–H and O–H groups in total. The van der Waals surface area contributed by atoms with Crippen LogP contribution in [0.2, 0.25) is 0 Å². The molecule has 1 heterocycles. The van der Waals surface area contributed by atoms with Crippen LogP contribution < -0.4 is 5.69 Å². The number of esters is 2. The number of ether oxygens (including phenoxy) is 2. The highest BCUT2D eigenvalue weighted by molar-refractivity contribution is 8.00. The Morgan fingerprint density at radius 2 is 1.86 bits per heavy atom. The van der Waals surface area contributed by atoms with E-state index in [4.69, 9.17) is 9.47 Å². The topological polar surface area (TPSA) is 98.3 Å². The predicted octanol–water partition coefficient (Wildman–Crippen LogP) is 1.69. The van der Waals surface area contributed by atoms with E-state index < -0.39 is 22.9 Å². The molecule has 122 valence electrons. The van der Waals surface area contributed by atoms with Crippen LogP contribution in [-0.2, 0) is 14.3 Å². The third kappa shape index (κ3) is 4.59. The molecule has 1 aromatic rings. The van der Waals surface area contributed by atoms with Gasteiger partial charge in [0.05, 0.1) is 13.2 Å². The minimum absolute atomic E-state index is 0.175. The Bertz CT molecular complexity index is 599. The summed E-state index contributed by atoms with van der Waals surface area (Å²) in [6.07, 6.45) is 0.485. The highest BCUT2D eigenvalue weighted by Crippen LogP contribution is 2.28. The first-order valence-corrected chi connectivity index (χ1v) is 7.93. The van der Waals surface area contributed by atoms with Gasteiger partial charge >= 0.3 is 17.6 Å². The number of carbonyl (C=O) groups is 2. The Balaban J connectivity index is 3.19. The molecule has 1 unspecified atom stereocenters. The average molecular weight is 328 g/mol. The minimum Gasteiger partial charge on any atom is -0.465 e. The van der Waals surface area contributed by atoms with Gasteiger partial charge in [0, 0.05) is 5.69 Å². The Morgan fingerprint density at radius 3 is 2.41 bits per heavy atom. The summed E-state index contributed by atoms with van der Waals surface area (Å²) < 4.78 is 9.97. The van der Waals surface area contributed by atoms with Crippen molar-refractivity contribution in [1.29, 1.82) is 0 Å². The standard InChI is InChI=1S/C14H20N2O5S/c1-5-9(12(17)20-6-2)22-11-10(13(18)21-7-3)8(4)15-14(19)16-11/h9H,5-7H2,1-4H3,(H,15,16,19). The van der Waals surface area contributed by atoms with Crippen LogP contribution in [0, 0.1) is 6.92 Å². The predicted molar refractivity (Wildman–Crippen MR) is 82.1 cm³/mol. The number of H-pyrrole nitrogens is 1. The molecule has 0 aromatic carbocycles. The maximum absolute atomic E-state index is 12.0. The summed E-state index contributed by atoms with van der Waals surface area (Å²) in [7, 11) is 0. The summed E-state index contributed by atoms with van der Waals surface area (Å²) in [5, 5.41) is -0.360. The number of thioether (sulfide) groups is 1. The molecular weight excluding hydrogens is 308 g/mol. The van der Waals surface area contributed by atoms with Crippen molar-refractivity contribution in [3.8, 4) is 0 Å². The Labute approximate surface area is 132 Å². The summed E-state index contributed by atoms with van der Waals surface area (Å²) in [4.78, 5) is 41.8. The SMILES string of the molecule is CCOC(=O)c1c(SC(CC)C(=O)OCC)nc(=O)[nH]c1C. The molecule has 0 aliphatic rings. The summed E-state index contributed by atoms with van der Waals surface area (Å²) in [6.45, 7) is 7.28. The highest BCUT2D eigenvalue weighted by Gasteiger charge is 2.25. The monoisotopic (exact) mass is 328 g/mol. The van der Waals surface area contributed by atoms with Gasteiger partial charge in [0.2, 0.25) is 0 Å². The van der Waals surface area contributed by atoms with E-state index in [1.54, 1.807) is 20.8 Å².